The number of hydrogen-bond donors (Lipinski definition) is 0. The standard InChI is InChI=1S/C21H23NO6/c1-10-15-12-9-14-20(6-4-8-23)13(5-7-22(12)20)21(15,27-14)28-17(10)18-16(25-3)11(2)19(24)26-18/h4,6,8,10,12-15H,5,7,9H2,1-3H3/b6-4+,18-17-/t10-,12-,13-,14+,15+,20-,21+/m0/s1. The molecule has 0 aromatic rings. The molecule has 5 fully saturated rings. The summed E-state index contributed by atoms with van der Waals surface area (Å²) >= 11 is 0. The third-order valence-electron chi connectivity index (χ3n) is 7.92. The second kappa shape index (κ2) is 5.07. The van der Waals surface area contributed by atoms with Gasteiger partial charge < -0.3 is 18.9 Å². The molecule has 1 unspecified atom stereocenters. The summed E-state index contributed by atoms with van der Waals surface area (Å²) in [6.45, 7) is 4.82. The van der Waals surface area contributed by atoms with E-state index in [1.807, 2.05) is 6.08 Å². The number of nitrogens with zero attached hydrogens (tertiary/aromatic N) is 1. The summed E-state index contributed by atoms with van der Waals surface area (Å²) in [7, 11) is 1.54. The minimum absolute atomic E-state index is 0.0271. The molecule has 0 radical (unpaired) electrons. The lowest BCUT2D eigenvalue weighted by Crippen LogP contribution is -2.60. The molecule has 5 bridgehead atoms. The Kier molecular flexibility index (Phi) is 3.04. The fourth-order valence-corrected chi connectivity index (χ4v) is 7.11. The molecule has 0 aromatic heterocycles. The van der Waals surface area contributed by atoms with Crippen molar-refractivity contribution < 1.29 is 28.5 Å². The van der Waals surface area contributed by atoms with Crippen molar-refractivity contribution in [3.63, 3.8) is 0 Å². The van der Waals surface area contributed by atoms with Crippen LogP contribution in [0.3, 0.4) is 0 Å². The third-order valence-corrected chi connectivity index (χ3v) is 7.92. The average Bonchev–Trinajstić information content (AvgIpc) is 3.38. The Labute approximate surface area is 162 Å². The van der Waals surface area contributed by atoms with Crippen molar-refractivity contribution in [2.24, 2.45) is 17.8 Å². The summed E-state index contributed by atoms with van der Waals surface area (Å²) in [6, 6.07) is 0.329. The molecule has 7 heteroatoms. The fraction of sp³-hybridized carbons (Fsp3) is 0.619. The maximum atomic E-state index is 12.1. The zero-order chi connectivity index (χ0) is 19.4. The van der Waals surface area contributed by atoms with Crippen molar-refractivity contribution in [3.05, 3.63) is 35.0 Å². The molecule has 0 saturated carbocycles. The second-order valence-corrected chi connectivity index (χ2v) is 8.71. The first kappa shape index (κ1) is 16.8. The van der Waals surface area contributed by atoms with Gasteiger partial charge in [-0.1, -0.05) is 13.0 Å². The molecule has 0 aliphatic carbocycles. The zero-order valence-corrected chi connectivity index (χ0v) is 16.1. The number of hydrogen-bond acceptors (Lipinski definition) is 7. The minimum atomic E-state index is -0.725. The van der Waals surface area contributed by atoms with Crippen LogP contribution in [0, 0.1) is 17.8 Å². The van der Waals surface area contributed by atoms with Gasteiger partial charge in [-0.15, -0.1) is 0 Å². The van der Waals surface area contributed by atoms with Gasteiger partial charge in [0.05, 0.1) is 36.2 Å². The van der Waals surface area contributed by atoms with E-state index in [4.69, 9.17) is 18.9 Å². The van der Waals surface area contributed by atoms with E-state index >= 15 is 0 Å². The molecule has 0 N–H and O–H groups in total. The first-order valence-corrected chi connectivity index (χ1v) is 9.97. The molecule has 6 aliphatic rings. The van der Waals surface area contributed by atoms with Gasteiger partial charge in [-0.2, -0.15) is 0 Å². The van der Waals surface area contributed by atoms with E-state index < -0.39 is 11.8 Å². The van der Waals surface area contributed by atoms with Crippen LogP contribution in [0.5, 0.6) is 0 Å². The number of esters is 1. The Morgan fingerprint density at radius 3 is 2.93 bits per heavy atom. The number of cyclic esters (lactones) is 1. The molecule has 28 heavy (non-hydrogen) atoms. The topological polar surface area (TPSA) is 74.3 Å². The Bertz CT molecular complexity index is 905. The third kappa shape index (κ3) is 1.55. The minimum Gasteiger partial charge on any atom is -0.492 e. The van der Waals surface area contributed by atoms with Gasteiger partial charge in [-0.05, 0) is 25.8 Å². The van der Waals surface area contributed by atoms with Crippen LogP contribution in [0.4, 0.5) is 0 Å². The van der Waals surface area contributed by atoms with Gasteiger partial charge >= 0.3 is 5.97 Å². The lowest BCUT2D eigenvalue weighted by atomic mass is 9.71. The molecule has 6 aliphatic heterocycles. The van der Waals surface area contributed by atoms with E-state index in [0.717, 1.165) is 25.7 Å². The zero-order valence-electron chi connectivity index (χ0n) is 16.1. The van der Waals surface area contributed by atoms with Gasteiger partial charge in [0.25, 0.3) is 0 Å². The first-order chi connectivity index (χ1) is 13.5. The van der Waals surface area contributed by atoms with Gasteiger partial charge in [-0.25, -0.2) is 4.79 Å². The number of methoxy groups -OCH3 is 1. The molecule has 0 aromatic carbocycles. The molecular formula is C21H23NO6. The Balaban J connectivity index is 1.50. The maximum absolute atomic E-state index is 12.1. The molecule has 8 atom stereocenters. The lowest BCUT2D eigenvalue weighted by molar-refractivity contribution is -0.255. The van der Waals surface area contributed by atoms with Gasteiger partial charge in [0.15, 0.2) is 5.76 Å². The van der Waals surface area contributed by atoms with Crippen molar-refractivity contribution in [2.45, 2.75) is 50.2 Å². The molecule has 148 valence electrons. The highest BCUT2D eigenvalue weighted by atomic mass is 16.7. The van der Waals surface area contributed by atoms with Crippen LogP contribution < -0.4 is 0 Å². The van der Waals surface area contributed by atoms with E-state index in [2.05, 4.69) is 11.8 Å². The highest BCUT2D eigenvalue weighted by Gasteiger charge is 2.83. The van der Waals surface area contributed by atoms with E-state index in [1.54, 1.807) is 13.0 Å². The van der Waals surface area contributed by atoms with Gasteiger partial charge in [0.2, 0.25) is 11.5 Å². The smallest absolute Gasteiger partial charge is 0.343 e. The molecule has 1 spiro atoms. The number of allylic oxidation sites excluding steroid dienone is 2. The summed E-state index contributed by atoms with van der Waals surface area (Å²) < 4.78 is 24.3. The van der Waals surface area contributed by atoms with Gasteiger partial charge in [0, 0.05) is 18.5 Å². The highest BCUT2D eigenvalue weighted by Crippen LogP contribution is 2.72. The van der Waals surface area contributed by atoms with Crippen LogP contribution in [-0.2, 0) is 28.5 Å². The van der Waals surface area contributed by atoms with Crippen molar-refractivity contribution in [2.75, 3.05) is 13.7 Å². The summed E-state index contributed by atoms with van der Waals surface area (Å²) in [5.41, 5.74) is 0.197. The Hall–Kier alpha value is -2.12. The van der Waals surface area contributed by atoms with Crippen LogP contribution in [0.15, 0.2) is 35.0 Å². The molecule has 6 rings (SSSR count). The normalized spacial score (nSPS) is 52.6. The number of fused-ring (bicyclic) bond motifs is 1. The summed E-state index contributed by atoms with van der Waals surface area (Å²) in [6.07, 6.45) is 6.41. The van der Waals surface area contributed by atoms with E-state index in [0.29, 0.717) is 28.9 Å². The van der Waals surface area contributed by atoms with Gasteiger partial charge in [0.1, 0.15) is 12.0 Å². The van der Waals surface area contributed by atoms with Crippen LogP contribution in [0.2, 0.25) is 0 Å². The number of carbonyl (C=O) groups excluding carboxylic acids is 2. The van der Waals surface area contributed by atoms with Crippen LogP contribution >= 0.6 is 0 Å². The van der Waals surface area contributed by atoms with E-state index in [1.165, 1.54) is 7.11 Å². The van der Waals surface area contributed by atoms with E-state index in [9.17, 15) is 9.59 Å². The van der Waals surface area contributed by atoms with Crippen LogP contribution in [0.25, 0.3) is 0 Å². The number of piperidine rings is 1. The summed E-state index contributed by atoms with van der Waals surface area (Å²) in [5.74, 6) is 0.736. The van der Waals surface area contributed by atoms with Crippen LogP contribution in [-0.4, -0.2) is 54.3 Å². The number of aldehydes is 1. The SMILES string of the molecule is COC1=C(C)C(=O)O/C1=C1\O[C@@]23O[C@@H]4C[C@@H]([C@H]2[C@@H]1C)N1CC[C@H]3[C@@]41/C=C/C=O. The second-order valence-electron chi connectivity index (χ2n) is 8.71. The molecule has 6 heterocycles. The van der Waals surface area contributed by atoms with Crippen molar-refractivity contribution in [1.29, 1.82) is 0 Å². The number of rotatable bonds is 3. The summed E-state index contributed by atoms with van der Waals surface area (Å²) in [5, 5.41) is 0. The number of carbonyl (C=O) groups is 2. The average molecular weight is 385 g/mol. The van der Waals surface area contributed by atoms with E-state index in [-0.39, 0.29) is 29.4 Å². The molecule has 7 nitrogen and oxygen atoms in total. The van der Waals surface area contributed by atoms with Crippen molar-refractivity contribution >= 4 is 12.3 Å². The quantitative estimate of drug-likeness (QED) is 0.415. The monoisotopic (exact) mass is 385 g/mol. The largest absolute Gasteiger partial charge is 0.492 e. The fourth-order valence-electron chi connectivity index (χ4n) is 7.11. The predicted molar refractivity (Wildman–Crippen MR) is 95.3 cm³/mol. The highest BCUT2D eigenvalue weighted by molar-refractivity contribution is 5.93. The maximum Gasteiger partial charge on any atom is 0.343 e. The number of ether oxygens (including phenoxy) is 4. The van der Waals surface area contributed by atoms with Crippen molar-refractivity contribution in [3.8, 4) is 0 Å². The predicted octanol–water partition coefficient (Wildman–Crippen LogP) is 1.65. The molecule has 0 amide bonds. The Morgan fingerprint density at radius 2 is 2.18 bits per heavy atom. The Morgan fingerprint density at radius 1 is 1.36 bits per heavy atom. The van der Waals surface area contributed by atoms with Crippen LogP contribution in [0.1, 0.15) is 26.7 Å². The lowest BCUT2D eigenvalue weighted by Gasteiger charge is -2.47. The van der Waals surface area contributed by atoms with Gasteiger partial charge in [-0.3, -0.25) is 9.69 Å². The summed E-state index contributed by atoms with van der Waals surface area (Å²) in [4.78, 5) is 25.7. The molecule has 5 saturated heterocycles. The molecular weight excluding hydrogens is 362 g/mol. The first-order valence-electron chi connectivity index (χ1n) is 9.97. The van der Waals surface area contributed by atoms with Crippen molar-refractivity contribution in [1.82, 2.24) is 4.90 Å².